The van der Waals surface area contributed by atoms with Crippen LogP contribution in [0.15, 0.2) is 65.1 Å². The van der Waals surface area contributed by atoms with E-state index in [4.69, 9.17) is 5.41 Å². The summed E-state index contributed by atoms with van der Waals surface area (Å²) in [5.74, 6) is -0.128. The van der Waals surface area contributed by atoms with Gasteiger partial charge in [-0.2, -0.15) is 13.2 Å². The zero-order valence-corrected chi connectivity index (χ0v) is 14.4. The number of rotatable bonds is 2. The molecule has 0 atom stereocenters. The van der Waals surface area contributed by atoms with Gasteiger partial charge in [-0.1, -0.05) is 36.4 Å². The first-order chi connectivity index (χ1) is 11.8. The number of hydrogen-bond acceptors (Lipinski definition) is 1. The summed E-state index contributed by atoms with van der Waals surface area (Å²) in [5.41, 5.74) is 0.0717. The predicted molar refractivity (Wildman–Crippen MR) is 98.1 cm³/mol. The highest BCUT2D eigenvalue weighted by Gasteiger charge is 2.31. The number of guanidine groups is 1. The normalized spacial score (nSPS) is 11.4. The maximum atomic E-state index is 12.8. The number of alkyl halides is 3. The molecule has 0 aliphatic heterocycles. The van der Waals surface area contributed by atoms with Crippen molar-refractivity contribution in [3.63, 3.8) is 0 Å². The van der Waals surface area contributed by atoms with Crippen LogP contribution in [0.4, 0.5) is 24.5 Å². The second-order valence-corrected chi connectivity index (χ2v) is 6.20. The van der Waals surface area contributed by atoms with Crippen LogP contribution in [0.5, 0.6) is 0 Å². The molecule has 0 amide bonds. The van der Waals surface area contributed by atoms with Gasteiger partial charge in [0.1, 0.15) is 0 Å². The summed E-state index contributed by atoms with van der Waals surface area (Å²) in [6, 6.07) is 16.5. The first kappa shape index (κ1) is 17.3. The zero-order chi connectivity index (χ0) is 18.0. The maximum absolute atomic E-state index is 12.8. The second kappa shape index (κ2) is 6.76. The van der Waals surface area contributed by atoms with Gasteiger partial charge in [0, 0.05) is 15.5 Å². The Kier molecular flexibility index (Phi) is 4.67. The van der Waals surface area contributed by atoms with E-state index in [2.05, 4.69) is 26.6 Å². The molecule has 3 aromatic carbocycles. The molecule has 0 radical (unpaired) electrons. The van der Waals surface area contributed by atoms with Crippen LogP contribution in [0.1, 0.15) is 5.56 Å². The molecule has 7 heteroatoms. The Morgan fingerprint density at radius 2 is 1.56 bits per heavy atom. The molecule has 0 fully saturated rings. The van der Waals surface area contributed by atoms with Crippen LogP contribution in [0, 0.1) is 5.41 Å². The van der Waals surface area contributed by atoms with Crippen molar-refractivity contribution in [1.82, 2.24) is 0 Å². The molecule has 0 spiro atoms. The molecule has 0 unspecified atom stereocenters. The van der Waals surface area contributed by atoms with Gasteiger partial charge in [0.15, 0.2) is 5.96 Å². The molecule has 0 bridgehead atoms. The third-order valence-electron chi connectivity index (χ3n) is 3.60. The topological polar surface area (TPSA) is 47.9 Å². The van der Waals surface area contributed by atoms with Gasteiger partial charge in [-0.3, -0.25) is 5.41 Å². The lowest BCUT2D eigenvalue weighted by atomic mass is 10.1. The van der Waals surface area contributed by atoms with Crippen LogP contribution in [-0.4, -0.2) is 5.96 Å². The molecular formula is C18H13BrF3N3. The van der Waals surface area contributed by atoms with Crippen LogP contribution < -0.4 is 10.6 Å². The van der Waals surface area contributed by atoms with Gasteiger partial charge < -0.3 is 10.6 Å². The van der Waals surface area contributed by atoms with Crippen LogP contribution in [-0.2, 0) is 6.18 Å². The second-order valence-electron chi connectivity index (χ2n) is 5.34. The molecule has 3 nitrogen and oxygen atoms in total. The molecule has 0 aliphatic rings. The minimum Gasteiger partial charge on any atom is -0.326 e. The highest BCUT2D eigenvalue weighted by molar-refractivity contribution is 9.10. The molecule has 3 N–H and O–H groups in total. The standard InChI is InChI=1S/C18H13BrF3N3/c19-14-9-8-12(18(20,21)22)10-16(14)25-17(23)24-15-7-3-5-11-4-1-2-6-13(11)15/h1-10H,(H3,23,24,25). The lowest BCUT2D eigenvalue weighted by Gasteiger charge is -2.15. The van der Waals surface area contributed by atoms with E-state index in [0.717, 1.165) is 22.9 Å². The fourth-order valence-corrected chi connectivity index (χ4v) is 2.78. The first-order valence-electron chi connectivity index (χ1n) is 7.32. The van der Waals surface area contributed by atoms with Gasteiger partial charge >= 0.3 is 6.18 Å². The molecule has 25 heavy (non-hydrogen) atoms. The smallest absolute Gasteiger partial charge is 0.326 e. The van der Waals surface area contributed by atoms with Crippen LogP contribution in [0.25, 0.3) is 10.8 Å². The molecule has 0 heterocycles. The minimum absolute atomic E-state index is 0.128. The largest absolute Gasteiger partial charge is 0.416 e. The van der Waals surface area contributed by atoms with E-state index >= 15 is 0 Å². The summed E-state index contributed by atoms with van der Waals surface area (Å²) in [5, 5.41) is 15.5. The van der Waals surface area contributed by atoms with Crippen molar-refractivity contribution < 1.29 is 13.2 Å². The van der Waals surface area contributed by atoms with Gasteiger partial charge in [-0.15, -0.1) is 0 Å². The minimum atomic E-state index is -4.44. The summed E-state index contributed by atoms with van der Waals surface area (Å²) >= 11 is 3.20. The van der Waals surface area contributed by atoms with E-state index in [1.54, 1.807) is 6.07 Å². The molecule has 0 aromatic heterocycles. The third-order valence-corrected chi connectivity index (χ3v) is 4.29. The molecule has 0 saturated heterocycles. The number of benzene rings is 3. The van der Waals surface area contributed by atoms with Gasteiger partial charge in [0.05, 0.1) is 11.3 Å². The number of anilines is 2. The summed E-state index contributed by atoms with van der Waals surface area (Å²) in [6.45, 7) is 0. The van der Waals surface area contributed by atoms with Gasteiger partial charge in [0.25, 0.3) is 0 Å². The van der Waals surface area contributed by atoms with E-state index in [0.29, 0.717) is 10.2 Å². The Balaban J connectivity index is 1.83. The van der Waals surface area contributed by atoms with Gasteiger partial charge in [0.2, 0.25) is 0 Å². The fourth-order valence-electron chi connectivity index (χ4n) is 2.43. The van der Waals surface area contributed by atoms with Crippen molar-refractivity contribution >= 4 is 44.0 Å². The molecular weight excluding hydrogens is 395 g/mol. The highest BCUT2D eigenvalue weighted by Crippen LogP contribution is 2.34. The van der Waals surface area contributed by atoms with Gasteiger partial charge in [-0.05, 0) is 45.6 Å². The lowest BCUT2D eigenvalue weighted by Crippen LogP contribution is -2.21. The monoisotopic (exact) mass is 407 g/mol. The molecule has 0 saturated carbocycles. The van der Waals surface area contributed by atoms with E-state index < -0.39 is 11.7 Å². The zero-order valence-electron chi connectivity index (χ0n) is 12.8. The molecule has 3 rings (SSSR count). The Morgan fingerprint density at radius 3 is 2.32 bits per heavy atom. The van der Waals surface area contributed by atoms with Crippen LogP contribution in [0.3, 0.4) is 0 Å². The quantitative estimate of drug-likeness (QED) is 0.356. The van der Waals surface area contributed by atoms with Crippen molar-refractivity contribution in [3.8, 4) is 0 Å². The number of nitrogens with one attached hydrogen (secondary N) is 3. The van der Waals surface area contributed by atoms with Crippen molar-refractivity contribution in [3.05, 3.63) is 70.7 Å². The number of halogens is 4. The predicted octanol–water partition coefficient (Wildman–Crippen LogP) is 6.08. The first-order valence-corrected chi connectivity index (χ1v) is 8.11. The number of hydrogen-bond donors (Lipinski definition) is 3. The lowest BCUT2D eigenvalue weighted by molar-refractivity contribution is -0.137. The number of fused-ring (bicyclic) bond motifs is 1. The Labute approximate surface area is 150 Å². The summed E-state index contributed by atoms with van der Waals surface area (Å²) in [7, 11) is 0. The third kappa shape index (κ3) is 3.93. The van der Waals surface area contributed by atoms with Crippen molar-refractivity contribution in [2.24, 2.45) is 0 Å². The van der Waals surface area contributed by atoms with E-state index in [-0.39, 0.29) is 11.6 Å². The van der Waals surface area contributed by atoms with Crippen molar-refractivity contribution in [1.29, 1.82) is 5.41 Å². The highest BCUT2D eigenvalue weighted by atomic mass is 79.9. The molecule has 0 aliphatic carbocycles. The molecule has 3 aromatic rings. The average molecular weight is 408 g/mol. The maximum Gasteiger partial charge on any atom is 0.416 e. The van der Waals surface area contributed by atoms with E-state index in [1.165, 1.54) is 6.07 Å². The van der Waals surface area contributed by atoms with Crippen molar-refractivity contribution in [2.45, 2.75) is 6.18 Å². The van der Waals surface area contributed by atoms with Crippen LogP contribution in [0.2, 0.25) is 0 Å². The Morgan fingerprint density at radius 1 is 0.880 bits per heavy atom. The van der Waals surface area contributed by atoms with Gasteiger partial charge in [-0.25, -0.2) is 0 Å². The van der Waals surface area contributed by atoms with Crippen LogP contribution >= 0.6 is 15.9 Å². The SMILES string of the molecule is N=C(Nc1cc(C(F)(F)F)ccc1Br)Nc1cccc2ccccc12. The van der Waals surface area contributed by atoms with E-state index in [1.807, 2.05) is 36.4 Å². The summed E-state index contributed by atoms with van der Waals surface area (Å²) < 4.78 is 39.0. The summed E-state index contributed by atoms with van der Waals surface area (Å²) in [6.07, 6.45) is -4.44. The molecule has 128 valence electrons. The fraction of sp³-hybridized carbons (Fsp3) is 0.0556. The Hall–Kier alpha value is -2.54. The Bertz CT molecular complexity index is 933. The summed E-state index contributed by atoms with van der Waals surface area (Å²) in [4.78, 5) is 0. The van der Waals surface area contributed by atoms with Crippen molar-refractivity contribution in [2.75, 3.05) is 10.6 Å². The average Bonchev–Trinajstić information content (AvgIpc) is 2.56. The van der Waals surface area contributed by atoms with E-state index in [9.17, 15) is 13.2 Å².